The Morgan fingerprint density at radius 3 is 2.06 bits per heavy atom. The maximum atomic E-state index is 5.46. The maximum Gasteiger partial charge on any atom is 0.0403 e. The smallest absolute Gasteiger partial charge is 0.0403 e. The van der Waals surface area contributed by atoms with Crippen molar-refractivity contribution < 1.29 is 0 Å². The number of aromatic nitrogens is 1. The highest BCUT2D eigenvalue weighted by Gasteiger charge is 1.94. The summed E-state index contributed by atoms with van der Waals surface area (Å²) < 4.78 is 0. The van der Waals surface area contributed by atoms with E-state index in [1.807, 2.05) is 12.3 Å². The van der Waals surface area contributed by atoms with Crippen LogP contribution in [0.1, 0.15) is 57.1 Å². The van der Waals surface area contributed by atoms with Crippen LogP contribution in [-0.4, -0.2) is 11.5 Å². The third-order valence-electron chi connectivity index (χ3n) is 3.11. The Hall–Kier alpha value is -0.890. The molecule has 17 heavy (non-hydrogen) atoms. The average molecular weight is 234 g/mol. The second-order valence-electron chi connectivity index (χ2n) is 4.69. The zero-order chi connectivity index (χ0) is 12.2. The lowest BCUT2D eigenvalue weighted by Crippen LogP contribution is -1.97. The van der Waals surface area contributed by atoms with Crippen molar-refractivity contribution in [3.63, 3.8) is 0 Å². The van der Waals surface area contributed by atoms with Crippen LogP contribution in [0.2, 0.25) is 0 Å². The summed E-state index contributed by atoms with van der Waals surface area (Å²) >= 11 is 0. The third kappa shape index (κ3) is 7.92. The minimum atomic E-state index is 0.851. The van der Waals surface area contributed by atoms with E-state index in [-0.39, 0.29) is 0 Å². The van der Waals surface area contributed by atoms with Crippen molar-refractivity contribution in [3.05, 3.63) is 30.1 Å². The Balaban J connectivity index is 1.85. The van der Waals surface area contributed by atoms with Gasteiger partial charge in [-0.2, -0.15) is 0 Å². The van der Waals surface area contributed by atoms with Gasteiger partial charge in [-0.3, -0.25) is 4.98 Å². The Kier molecular flexibility index (Phi) is 8.57. The normalized spacial score (nSPS) is 10.6. The lowest BCUT2D eigenvalue weighted by molar-refractivity contribution is 0.568. The Morgan fingerprint density at radius 2 is 1.47 bits per heavy atom. The molecular formula is C15H26N2. The molecule has 0 radical (unpaired) electrons. The van der Waals surface area contributed by atoms with Crippen LogP contribution in [0.15, 0.2) is 24.4 Å². The van der Waals surface area contributed by atoms with Crippen molar-refractivity contribution in [2.45, 2.75) is 57.8 Å². The third-order valence-corrected chi connectivity index (χ3v) is 3.11. The van der Waals surface area contributed by atoms with Crippen molar-refractivity contribution >= 4 is 0 Å². The average Bonchev–Trinajstić information content (AvgIpc) is 2.38. The summed E-state index contributed by atoms with van der Waals surface area (Å²) in [7, 11) is 0. The van der Waals surface area contributed by atoms with Crippen LogP contribution in [0.25, 0.3) is 0 Å². The Labute approximate surface area is 106 Å². The number of hydrogen-bond acceptors (Lipinski definition) is 2. The molecule has 1 rings (SSSR count). The number of aryl methyl sites for hydroxylation is 1. The van der Waals surface area contributed by atoms with Crippen LogP contribution in [0, 0.1) is 0 Å². The van der Waals surface area contributed by atoms with Crippen LogP contribution >= 0.6 is 0 Å². The molecular weight excluding hydrogens is 208 g/mol. The molecule has 1 heterocycles. The van der Waals surface area contributed by atoms with E-state index in [1.165, 1.54) is 57.1 Å². The highest BCUT2D eigenvalue weighted by Crippen LogP contribution is 2.10. The first-order valence-corrected chi connectivity index (χ1v) is 7.03. The van der Waals surface area contributed by atoms with Crippen LogP contribution in [-0.2, 0) is 6.42 Å². The molecule has 0 spiro atoms. The van der Waals surface area contributed by atoms with Crippen molar-refractivity contribution in [2.75, 3.05) is 6.54 Å². The first kappa shape index (κ1) is 14.2. The number of pyridine rings is 1. The second kappa shape index (κ2) is 10.3. The van der Waals surface area contributed by atoms with E-state index in [0.29, 0.717) is 0 Å². The molecule has 0 bridgehead atoms. The summed E-state index contributed by atoms with van der Waals surface area (Å²) in [6, 6.07) is 6.16. The van der Waals surface area contributed by atoms with Gasteiger partial charge in [-0.05, 0) is 37.9 Å². The quantitative estimate of drug-likeness (QED) is 0.627. The molecule has 96 valence electrons. The molecule has 0 amide bonds. The molecule has 0 saturated carbocycles. The van der Waals surface area contributed by atoms with Crippen molar-refractivity contribution in [1.29, 1.82) is 0 Å². The Morgan fingerprint density at radius 1 is 0.824 bits per heavy atom. The van der Waals surface area contributed by atoms with Gasteiger partial charge in [0.05, 0.1) is 0 Å². The van der Waals surface area contributed by atoms with E-state index in [1.54, 1.807) is 0 Å². The molecule has 2 heteroatoms. The van der Waals surface area contributed by atoms with Gasteiger partial charge in [-0.15, -0.1) is 0 Å². The number of nitrogens with two attached hydrogens (primary N) is 1. The van der Waals surface area contributed by atoms with Crippen molar-refractivity contribution in [1.82, 2.24) is 4.98 Å². The molecule has 0 aliphatic rings. The molecule has 0 aromatic carbocycles. The number of hydrogen-bond donors (Lipinski definition) is 1. The van der Waals surface area contributed by atoms with E-state index in [0.717, 1.165) is 13.0 Å². The van der Waals surface area contributed by atoms with E-state index < -0.39 is 0 Å². The molecule has 2 N–H and O–H groups in total. The minimum absolute atomic E-state index is 0.851. The topological polar surface area (TPSA) is 38.9 Å². The lowest BCUT2D eigenvalue weighted by atomic mass is 10.1. The summed E-state index contributed by atoms with van der Waals surface area (Å²) in [5.74, 6) is 0. The fraction of sp³-hybridized carbons (Fsp3) is 0.667. The predicted molar refractivity (Wildman–Crippen MR) is 73.9 cm³/mol. The standard InChI is InChI=1S/C15H26N2/c16-13-9-6-4-2-1-3-5-7-11-15-12-8-10-14-17-15/h8,10,12,14H,1-7,9,11,13,16H2. The first-order valence-electron chi connectivity index (χ1n) is 7.03. The van der Waals surface area contributed by atoms with E-state index >= 15 is 0 Å². The van der Waals surface area contributed by atoms with E-state index in [4.69, 9.17) is 5.73 Å². The SMILES string of the molecule is NCCCCCCCCCCc1ccccn1. The summed E-state index contributed by atoms with van der Waals surface area (Å²) in [5.41, 5.74) is 6.69. The largest absolute Gasteiger partial charge is 0.330 e. The molecule has 0 aliphatic carbocycles. The zero-order valence-corrected chi connectivity index (χ0v) is 10.9. The fourth-order valence-corrected chi connectivity index (χ4v) is 2.06. The van der Waals surface area contributed by atoms with E-state index in [2.05, 4.69) is 17.1 Å². The van der Waals surface area contributed by atoms with Gasteiger partial charge in [0.2, 0.25) is 0 Å². The van der Waals surface area contributed by atoms with Crippen LogP contribution in [0.3, 0.4) is 0 Å². The summed E-state index contributed by atoms with van der Waals surface area (Å²) in [6.07, 6.45) is 13.6. The maximum absolute atomic E-state index is 5.46. The van der Waals surface area contributed by atoms with Crippen LogP contribution < -0.4 is 5.73 Å². The van der Waals surface area contributed by atoms with Crippen LogP contribution in [0.4, 0.5) is 0 Å². The van der Waals surface area contributed by atoms with Crippen molar-refractivity contribution in [2.24, 2.45) is 5.73 Å². The molecule has 1 aromatic rings. The minimum Gasteiger partial charge on any atom is -0.330 e. The van der Waals surface area contributed by atoms with Gasteiger partial charge in [0, 0.05) is 11.9 Å². The molecule has 2 nitrogen and oxygen atoms in total. The molecule has 0 fully saturated rings. The highest BCUT2D eigenvalue weighted by atomic mass is 14.7. The second-order valence-corrected chi connectivity index (χ2v) is 4.69. The van der Waals surface area contributed by atoms with Gasteiger partial charge in [0.25, 0.3) is 0 Å². The number of rotatable bonds is 10. The Bertz CT molecular complexity index is 259. The van der Waals surface area contributed by atoms with Gasteiger partial charge in [0.1, 0.15) is 0 Å². The van der Waals surface area contributed by atoms with E-state index in [9.17, 15) is 0 Å². The molecule has 1 aromatic heterocycles. The molecule has 0 aliphatic heterocycles. The zero-order valence-electron chi connectivity index (χ0n) is 10.9. The predicted octanol–water partition coefficient (Wildman–Crippen LogP) is 3.70. The van der Waals surface area contributed by atoms with Gasteiger partial charge in [-0.1, -0.05) is 44.6 Å². The number of unbranched alkanes of at least 4 members (excludes halogenated alkanes) is 7. The summed E-state index contributed by atoms with van der Waals surface area (Å²) in [6.45, 7) is 0.851. The molecule has 0 saturated heterocycles. The fourth-order valence-electron chi connectivity index (χ4n) is 2.06. The molecule has 0 atom stereocenters. The summed E-state index contributed by atoms with van der Waals surface area (Å²) in [4.78, 5) is 4.33. The summed E-state index contributed by atoms with van der Waals surface area (Å²) in [5, 5.41) is 0. The number of nitrogens with zero attached hydrogens (tertiary/aromatic N) is 1. The molecule has 0 unspecified atom stereocenters. The van der Waals surface area contributed by atoms with Gasteiger partial charge in [0.15, 0.2) is 0 Å². The first-order chi connectivity index (χ1) is 8.43. The van der Waals surface area contributed by atoms with Gasteiger partial charge in [-0.25, -0.2) is 0 Å². The van der Waals surface area contributed by atoms with Crippen LogP contribution in [0.5, 0.6) is 0 Å². The van der Waals surface area contributed by atoms with Gasteiger partial charge < -0.3 is 5.73 Å². The van der Waals surface area contributed by atoms with Gasteiger partial charge >= 0.3 is 0 Å². The lowest BCUT2D eigenvalue weighted by Gasteiger charge is -2.02. The van der Waals surface area contributed by atoms with Crippen molar-refractivity contribution in [3.8, 4) is 0 Å². The highest BCUT2D eigenvalue weighted by molar-refractivity contribution is 5.03. The monoisotopic (exact) mass is 234 g/mol.